The predicted octanol–water partition coefficient (Wildman–Crippen LogP) is 0.165. The van der Waals surface area contributed by atoms with Gasteiger partial charge in [0.2, 0.25) is 0 Å². The minimum Gasteiger partial charge on any atom is -0.304 e. The lowest BCUT2D eigenvalue weighted by Crippen LogP contribution is -2.32. The van der Waals surface area contributed by atoms with Gasteiger partial charge in [0.05, 0.1) is 5.36 Å². The van der Waals surface area contributed by atoms with Gasteiger partial charge in [0, 0.05) is 0 Å². The molecule has 0 fully saturated rings. The molecule has 1 aromatic rings. The number of benzene rings is 1. The van der Waals surface area contributed by atoms with E-state index < -0.39 is 5.66 Å². The van der Waals surface area contributed by atoms with Crippen molar-refractivity contribution in [3.8, 4) is 0 Å². The van der Waals surface area contributed by atoms with Crippen LogP contribution in [0.1, 0.15) is 13.3 Å². The summed E-state index contributed by atoms with van der Waals surface area (Å²) < 4.78 is 0. The molecule has 2 heteroatoms. The maximum Gasteiger partial charge on any atom is 0.128 e. The molecule has 2 rings (SSSR count). The highest BCUT2D eigenvalue weighted by Gasteiger charge is 2.20. The molecule has 12 heavy (non-hydrogen) atoms. The highest BCUT2D eigenvalue weighted by Crippen LogP contribution is 2.10. The Hall–Kier alpha value is -1.15. The summed E-state index contributed by atoms with van der Waals surface area (Å²) >= 11 is 0. The van der Waals surface area contributed by atoms with Crippen molar-refractivity contribution < 1.29 is 0 Å². The number of para-hydroxylation sites is 1. The van der Waals surface area contributed by atoms with Crippen molar-refractivity contribution in [2.75, 3.05) is 0 Å². The Morgan fingerprint density at radius 2 is 2.17 bits per heavy atom. The summed E-state index contributed by atoms with van der Waals surface area (Å²) in [5, 5.41) is 2.17. The smallest absolute Gasteiger partial charge is 0.128 e. The van der Waals surface area contributed by atoms with Crippen LogP contribution < -0.4 is 16.3 Å². The fourth-order valence-corrected chi connectivity index (χ4v) is 1.42. The van der Waals surface area contributed by atoms with Crippen molar-refractivity contribution >= 4 is 6.08 Å². The highest BCUT2D eigenvalue weighted by atomic mass is 15.0. The topological polar surface area (TPSA) is 38.4 Å². The molecule has 0 saturated carbocycles. The van der Waals surface area contributed by atoms with E-state index in [1.54, 1.807) is 0 Å². The minimum atomic E-state index is -0.455. The molecule has 1 atom stereocenters. The summed E-state index contributed by atoms with van der Waals surface area (Å²) in [6, 6.07) is 8.03. The summed E-state index contributed by atoms with van der Waals surface area (Å²) in [5.41, 5.74) is 5.53. The van der Waals surface area contributed by atoms with Gasteiger partial charge in [-0.15, -0.1) is 0 Å². The van der Waals surface area contributed by atoms with Crippen LogP contribution in [0.25, 0.3) is 6.08 Å². The maximum atomic E-state index is 5.99. The van der Waals surface area contributed by atoms with Gasteiger partial charge in [0.25, 0.3) is 0 Å². The number of fused-ring (bicyclic) bond motifs is 1. The third-order valence-electron chi connectivity index (χ3n) is 2.24. The van der Waals surface area contributed by atoms with E-state index in [1.807, 2.05) is 37.3 Å². The maximum absolute atomic E-state index is 5.99. The molecular weight excluding hydrogens is 148 g/mol. The van der Waals surface area contributed by atoms with Crippen LogP contribution in [0, 0.1) is 0 Å². The fourth-order valence-electron chi connectivity index (χ4n) is 1.42. The first-order valence-electron chi connectivity index (χ1n) is 4.20. The van der Waals surface area contributed by atoms with Crippen LogP contribution in [-0.2, 0) is 0 Å². The average Bonchev–Trinajstić information content (AvgIpc) is 2.42. The van der Waals surface area contributed by atoms with Crippen molar-refractivity contribution in [1.29, 1.82) is 0 Å². The van der Waals surface area contributed by atoms with Crippen LogP contribution >= 0.6 is 0 Å². The van der Waals surface area contributed by atoms with Crippen molar-refractivity contribution in [2.45, 2.75) is 19.0 Å². The summed E-state index contributed by atoms with van der Waals surface area (Å²) in [6.45, 7) is 2.05. The Morgan fingerprint density at radius 3 is 2.83 bits per heavy atom. The van der Waals surface area contributed by atoms with Gasteiger partial charge >= 0.3 is 0 Å². The van der Waals surface area contributed by atoms with Gasteiger partial charge in [0.1, 0.15) is 5.66 Å². The Labute approximate surface area is 71.4 Å². The Bertz CT molecular complexity index is 371. The van der Waals surface area contributed by atoms with Crippen molar-refractivity contribution in [3.05, 3.63) is 34.8 Å². The number of nitrogens with zero attached hydrogens (tertiary/aromatic N) is 1. The second-order valence-corrected chi connectivity index (χ2v) is 3.16. The lowest BCUT2D eigenvalue weighted by Gasteiger charge is -2.14. The van der Waals surface area contributed by atoms with Crippen LogP contribution in [0.4, 0.5) is 0 Å². The molecule has 0 spiro atoms. The average molecular weight is 160 g/mol. The number of nitrogens with two attached hydrogens (primary N) is 1. The van der Waals surface area contributed by atoms with Crippen LogP contribution in [0.3, 0.4) is 0 Å². The molecule has 1 unspecified atom stereocenters. The molecule has 1 aliphatic rings. The molecule has 0 saturated heterocycles. The van der Waals surface area contributed by atoms with Crippen molar-refractivity contribution in [2.24, 2.45) is 10.7 Å². The SMILES string of the molecule is CCC1(N)C=c2ccccc2=N1. The van der Waals surface area contributed by atoms with E-state index in [4.69, 9.17) is 5.73 Å². The minimum absolute atomic E-state index is 0.455. The second-order valence-electron chi connectivity index (χ2n) is 3.16. The summed E-state index contributed by atoms with van der Waals surface area (Å²) in [6.07, 6.45) is 2.88. The molecule has 62 valence electrons. The summed E-state index contributed by atoms with van der Waals surface area (Å²) in [5.74, 6) is 0. The predicted molar refractivity (Wildman–Crippen MR) is 48.9 cm³/mol. The largest absolute Gasteiger partial charge is 0.304 e. The Kier molecular flexibility index (Phi) is 1.51. The summed E-state index contributed by atoms with van der Waals surface area (Å²) in [4.78, 5) is 4.42. The van der Waals surface area contributed by atoms with Crippen molar-refractivity contribution in [3.63, 3.8) is 0 Å². The van der Waals surface area contributed by atoms with E-state index >= 15 is 0 Å². The Balaban J connectivity index is 2.68. The molecule has 2 nitrogen and oxygen atoms in total. The lowest BCUT2D eigenvalue weighted by molar-refractivity contribution is 0.565. The van der Waals surface area contributed by atoms with Crippen LogP contribution in [-0.4, -0.2) is 5.66 Å². The number of hydrogen-bond acceptors (Lipinski definition) is 2. The normalized spacial score (nSPS) is 25.8. The first-order valence-corrected chi connectivity index (χ1v) is 4.20. The van der Waals surface area contributed by atoms with Gasteiger partial charge in [0.15, 0.2) is 0 Å². The monoisotopic (exact) mass is 160 g/mol. The first kappa shape index (κ1) is 7.50. The third kappa shape index (κ3) is 1.04. The quantitative estimate of drug-likeness (QED) is 0.624. The molecule has 1 heterocycles. The van der Waals surface area contributed by atoms with Gasteiger partial charge in [-0.25, -0.2) is 0 Å². The molecule has 0 aromatic heterocycles. The van der Waals surface area contributed by atoms with Gasteiger partial charge in [-0.2, -0.15) is 0 Å². The van der Waals surface area contributed by atoms with Gasteiger partial charge < -0.3 is 5.73 Å². The standard InChI is InChI=1S/C10H12N2/c1-2-10(11)7-8-5-3-4-6-9(8)12-10/h3-7H,2,11H2,1H3. The number of hydrogen-bond donors (Lipinski definition) is 1. The zero-order chi connectivity index (χ0) is 8.60. The fraction of sp³-hybridized carbons (Fsp3) is 0.300. The summed E-state index contributed by atoms with van der Waals surface area (Å²) in [7, 11) is 0. The van der Waals surface area contributed by atoms with Gasteiger partial charge in [-0.05, 0) is 23.8 Å². The molecule has 0 radical (unpaired) electrons. The molecular formula is C10H12N2. The van der Waals surface area contributed by atoms with Gasteiger partial charge in [-0.1, -0.05) is 25.1 Å². The molecule has 0 aliphatic carbocycles. The molecule has 1 aromatic carbocycles. The van der Waals surface area contributed by atoms with Crippen LogP contribution in [0.2, 0.25) is 0 Å². The third-order valence-corrected chi connectivity index (χ3v) is 2.24. The number of rotatable bonds is 1. The molecule has 0 bridgehead atoms. The highest BCUT2D eigenvalue weighted by molar-refractivity contribution is 5.39. The van der Waals surface area contributed by atoms with Crippen LogP contribution in [0.5, 0.6) is 0 Å². The molecule has 1 aliphatic heterocycles. The van der Waals surface area contributed by atoms with E-state index in [9.17, 15) is 0 Å². The molecule has 0 amide bonds. The second kappa shape index (κ2) is 2.42. The van der Waals surface area contributed by atoms with E-state index in [2.05, 4.69) is 4.99 Å². The van der Waals surface area contributed by atoms with E-state index in [0.717, 1.165) is 17.0 Å². The van der Waals surface area contributed by atoms with Crippen molar-refractivity contribution in [1.82, 2.24) is 0 Å². The zero-order valence-corrected chi connectivity index (χ0v) is 7.12. The first-order chi connectivity index (χ1) is 5.73. The lowest BCUT2D eigenvalue weighted by atomic mass is 10.1. The van der Waals surface area contributed by atoms with Crippen LogP contribution in [0.15, 0.2) is 29.3 Å². The van der Waals surface area contributed by atoms with E-state index in [0.29, 0.717) is 0 Å². The Morgan fingerprint density at radius 1 is 1.42 bits per heavy atom. The van der Waals surface area contributed by atoms with E-state index in [1.165, 1.54) is 0 Å². The van der Waals surface area contributed by atoms with Gasteiger partial charge in [-0.3, -0.25) is 4.99 Å². The molecule has 2 N–H and O–H groups in total. The van der Waals surface area contributed by atoms with E-state index in [-0.39, 0.29) is 0 Å². The zero-order valence-electron chi connectivity index (χ0n) is 7.12.